The first kappa shape index (κ1) is 13.7. The summed E-state index contributed by atoms with van der Waals surface area (Å²) in [5, 5.41) is 15.4. The van der Waals surface area contributed by atoms with E-state index in [-0.39, 0.29) is 6.04 Å². The van der Waals surface area contributed by atoms with E-state index in [9.17, 15) is 5.11 Å². The van der Waals surface area contributed by atoms with Crippen LogP contribution in [0.1, 0.15) is 22.3 Å². The van der Waals surface area contributed by atoms with Crippen LogP contribution in [0.5, 0.6) is 5.75 Å². The second-order valence-corrected chi connectivity index (χ2v) is 5.97. The van der Waals surface area contributed by atoms with Gasteiger partial charge in [-0.2, -0.15) is 0 Å². The first-order valence-corrected chi connectivity index (χ1v) is 7.60. The van der Waals surface area contributed by atoms with Crippen LogP contribution in [0.25, 0.3) is 0 Å². The number of anilines is 1. The predicted molar refractivity (Wildman–Crippen MR) is 85.8 cm³/mol. The molecule has 2 heterocycles. The summed E-state index contributed by atoms with van der Waals surface area (Å²) < 4.78 is 2.01. The minimum absolute atomic E-state index is 0.0351. The summed E-state index contributed by atoms with van der Waals surface area (Å²) in [5.41, 5.74) is 1.74. The maximum absolute atomic E-state index is 9.87. The van der Waals surface area contributed by atoms with Gasteiger partial charge in [-0.25, -0.2) is 4.98 Å². The molecule has 1 unspecified atom stereocenters. The number of benzene rings is 1. The first-order valence-electron chi connectivity index (χ1n) is 6.72. The second kappa shape index (κ2) is 5.61. The van der Waals surface area contributed by atoms with E-state index in [0.29, 0.717) is 5.75 Å². The number of thiophene rings is 1. The fraction of sp³-hybridized carbons (Fsp3) is 0.188. The van der Waals surface area contributed by atoms with E-state index in [0.717, 1.165) is 17.1 Å². The molecule has 0 fully saturated rings. The van der Waals surface area contributed by atoms with E-state index in [1.165, 1.54) is 4.88 Å². The molecular weight excluding hydrogens is 282 g/mol. The van der Waals surface area contributed by atoms with Crippen LogP contribution >= 0.6 is 11.3 Å². The highest BCUT2D eigenvalue weighted by atomic mass is 32.1. The monoisotopic (exact) mass is 299 g/mol. The van der Waals surface area contributed by atoms with Crippen molar-refractivity contribution in [1.29, 1.82) is 0 Å². The number of imidazole rings is 1. The van der Waals surface area contributed by atoms with Crippen LogP contribution in [0.2, 0.25) is 0 Å². The summed E-state index contributed by atoms with van der Waals surface area (Å²) in [6.07, 6.45) is 3.73. The largest absolute Gasteiger partial charge is 0.508 e. The fourth-order valence-corrected chi connectivity index (χ4v) is 3.01. The Morgan fingerprint density at radius 3 is 2.81 bits per heavy atom. The molecule has 108 valence electrons. The number of phenols is 1. The minimum Gasteiger partial charge on any atom is -0.508 e. The molecule has 1 atom stereocenters. The molecular formula is C16H17N3OS. The molecule has 5 heteroatoms. The van der Waals surface area contributed by atoms with Crippen LogP contribution in [-0.4, -0.2) is 14.7 Å². The molecule has 0 aliphatic heterocycles. The topological polar surface area (TPSA) is 50.1 Å². The summed E-state index contributed by atoms with van der Waals surface area (Å²) in [4.78, 5) is 5.64. The number of hydrogen-bond donors (Lipinski definition) is 2. The number of phenolic OH excluding ortho intramolecular Hbond substituents is 1. The van der Waals surface area contributed by atoms with Crippen LogP contribution in [0.15, 0.2) is 48.1 Å². The Morgan fingerprint density at radius 1 is 1.33 bits per heavy atom. The lowest BCUT2D eigenvalue weighted by Gasteiger charge is -2.19. The number of aryl methyl sites for hydroxylation is 2. The quantitative estimate of drug-likeness (QED) is 0.772. The maximum atomic E-state index is 9.87. The summed E-state index contributed by atoms with van der Waals surface area (Å²) in [6.45, 7) is 1.88. The highest BCUT2D eigenvalue weighted by molar-refractivity contribution is 7.10. The molecule has 0 spiro atoms. The maximum Gasteiger partial charge on any atom is 0.136 e. The highest BCUT2D eigenvalue weighted by Gasteiger charge is 2.19. The highest BCUT2D eigenvalue weighted by Crippen LogP contribution is 2.30. The zero-order valence-electron chi connectivity index (χ0n) is 11.9. The molecule has 3 rings (SSSR count). The lowest BCUT2D eigenvalue weighted by Crippen LogP contribution is -2.15. The van der Waals surface area contributed by atoms with Crippen molar-refractivity contribution in [3.8, 4) is 5.75 Å². The van der Waals surface area contributed by atoms with Gasteiger partial charge in [0.2, 0.25) is 0 Å². The molecule has 0 aliphatic rings. The van der Waals surface area contributed by atoms with Gasteiger partial charge in [0.1, 0.15) is 17.6 Å². The fourth-order valence-electron chi connectivity index (χ4n) is 2.24. The van der Waals surface area contributed by atoms with Gasteiger partial charge in [-0.1, -0.05) is 12.1 Å². The number of aromatic hydroxyl groups is 1. The van der Waals surface area contributed by atoms with Gasteiger partial charge in [0.25, 0.3) is 0 Å². The van der Waals surface area contributed by atoms with Crippen LogP contribution in [0.3, 0.4) is 0 Å². The zero-order valence-corrected chi connectivity index (χ0v) is 12.8. The van der Waals surface area contributed by atoms with Crippen molar-refractivity contribution >= 4 is 17.0 Å². The second-order valence-electron chi connectivity index (χ2n) is 4.99. The molecule has 0 aliphatic carbocycles. The molecule has 0 radical (unpaired) electrons. The van der Waals surface area contributed by atoms with E-state index in [2.05, 4.69) is 21.7 Å². The van der Waals surface area contributed by atoms with Crippen molar-refractivity contribution in [2.45, 2.75) is 13.0 Å². The lowest BCUT2D eigenvalue weighted by molar-refractivity contribution is 0.471. The van der Waals surface area contributed by atoms with Crippen molar-refractivity contribution < 1.29 is 5.11 Å². The van der Waals surface area contributed by atoms with Crippen molar-refractivity contribution in [2.24, 2.45) is 7.05 Å². The molecule has 0 bridgehead atoms. The van der Waals surface area contributed by atoms with E-state index < -0.39 is 0 Å². The molecule has 2 N–H and O–H groups in total. The van der Waals surface area contributed by atoms with Gasteiger partial charge in [-0.3, -0.25) is 0 Å². The first-order chi connectivity index (χ1) is 10.1. The Bertz CT molecular complexity index is 734. The Balaban J connectivity index is 1.97. The Morgan fingerprint density at radius 2 is 2.19 bits per heavy atom. The third-order valence-corrected chi connectivity index (χ3v) is 4.40. The average Bonchev–Trinajstić information content (AvgIpc) is 3.12. The third kappa shape index (κ3) is 2.78. The molecule has 1 aromatic carbocycles. The van der Waals surface area contributed by atoms with E-state index in [4.69, 9.17) is 0 Å². The van der Waals surface area contributed by atoms with Crippen molar-refractivity contribution in [1.82, 2.24) is 9.55 Å². The van der Waals surface area contributed by atoms with Gasteiger partial charge >= 0.3 is 0 Å². The molecule has 0 saturated heterocycles. The van der Waals surface area contributed by atoms with Crippen LogP contribution in [0, 0.1) is 6.92 Å². The van der Waals surface area contributed by atoms with Crippen molar-refractivity contribution in [3.63, 3.8) is 0 Å². The summed E-state index contributed by atoms with van der Waals surface area (Å²) >= 11 is 1.69. The number of hydrogen-bond acceptors (Lipinski definition) is 4. The van der Waals surface area contributed by atoms with E-state index in [1.54, 1.807) is 23.6 Å². The summed E-state index contributed by atoms with van der Waals surface area (Å²) in [7, 11) is 1.98. The molecule has 21 heavy (non-hydrogen) atoms. The Labute approximate surface area is 127 Å². The van der Waals surface area contributed by atoms with Crippen LogP contribution < -0.4 is 5.32 Å². The van der Waals surface area contributed by atoms with E-state index >= 15 is 0 Å². The molecule has 4 nitrogen and oxygen atoms in total. The predicted octanol–water partition coefficient (Wildman–Crippen LogP) is 3.70. The normalized spacial score (nSPS) is 12.3. The van der Waals surface area contributed by atoms with Gasteiger partial charge < -0.3 is 15.0 Å². The number of aromatic nitrogens is 2. The summed E-state index contributed by atoms with van der Waals surface area (Å²) in [6, 6.07) is 9.71. The van der Waals surface area contributed by atoms with Gasteiger partial charge in [-0.05, 0) is 30.0 Å². The standard InChI is InChI=1S/C16H17N3OS/c1-11-5-6-12(10-13(11)20)18-15(14-4-3-9-21-14)16-17-7-8-19(16)2/h3-10,15,18,20H,1-2H3. The summed E-state index contributed by atoms with van der Waals surface area (Å²) in [5.74, 6) is 1.24. The van der Waals surface area contributed by atoms with Gasteiger partial charge in [0.15, 0.2) is 0 Å². The van der Waals surface area contributed by atoms with Crippen molar-refractivity contribution in [2.75, 3.05) is 5.32 Å². The van der Waals surface area contributed by atoms with E-state index in [1.807, 2.05) is 42.9 Å². The Kier molecular flexibility index (Phi) is 3.66. The van der Waals surface area contributed by atoms with Gasteiger partial charge in [0.05, 0.1) is 0 Å². The molecule has 0 amide bonds. The molecule has 3 aromatic rings. The number of nitrogens with one attached hydrogen (secondary N) is 1. The number of nitrogens with zero attached hydrogens (tertiary/aromatic N) is 2. The zero-order chi connectivity index (χ0) is 14.8. The lowest BCUT2D eigenvalue weighted by atomic mass is 10.1. The van der Waals surface area contributed by atoms with Gasteiger partial charge in [-0.15, -0.1) is 11.3 Å². The van der Waals surface area contributed by atoms with Crippen LogP contribution in [-0.2, 0) is 7.05 Å². The van der Waals surface area contributed by atoms with Crippen LogP contribution in [0.4, 0.5) is 5.69 Å². The minimum atomic E-state index is -0.0351. The average molecular weight is 299 g/mol. The smallest absolute Gasteiger partial charge is 0.136 e. The van der Waals surface area contributed by atoms with Gasteiger partial charge in [0, 0.05) is 36.1 Å². The molecule has 0 saturated carbocycles. The number of rotatable bonds is 4. The van der Waals surface area contributed by atoms with Crippen molar-refractivity contribution in [3.05, 3.63) is 64.4 Å². The Hall–Kier alpha value is -2.27. The molecule has 2 aromatic heterocycles. The SMILES string of the molecule is Cc1ccc(NC(c2cccs2)c2nccn2C)cc1O. The third-order valence-electron chi connectivity index (χ3n) is 3.46.